The number of carbonyl (C=O) groups excluding carboxylic acids is 1. The van der Waals surface area contributed by atoms with Gasteiger partial charge in [0.15, 0.2) is 11.5 Å². The molecule has 0 bridgehead atoms. The Labute approximate surface area is 137 Å². The predicted octanol–water partition coefficient (Wildman–Crippen LogP) is 0.822. The van der Waals surface area contributed by atoms with Gasteiger partial charge in [-0.2, -0.15) is 9.97 Å². The van der Waals surface area contributed by atoms with Crippen LogP contribution < -0.4 is 11.5 Å². The maximum absolute atomic E-state index is 11.7. The SMILES string of the molecule is Nc1nc(N)c2ncn(COCCOC(=O)c3ccccc3)c2n1. The Morgan fingerprint density at radius 2 is 1.92 bits per heavy atom. The quantitative estimate of drug-likeness (QED) is 0.502. The number of anilines is 2. The molecule has 9 heteroatoms. The van der Waals surface area contributed by atoms with E-state index >= 15 is 0 Å². The van der Waals surface area contributed by atoms with E-state index in [2.05, 4.69) is 15.0 Å². The topological polar surface area (TPSA) is 131 Å². The summed E-state index contributed by atoms with van der Waals surface area (Å²) in [5.74, 6) is -0.104. The van der Waals surface area contributed by atoms with Crippen molar-refractivity contribution in [2.45, 2.75) is 6.73 Å². The third-order valence-corrected chi connectivity index (χ3v) is 3.21. The van der Waals surface area contributed by atoms with Crippen LogP contribution in [0.2, 0.25) is 0 Å². The molecule has 1 aromatic carbocycles. The number of nitrogens with zero attached hydrogens (tertiary/aromatic N) is 4. The molecule has 0 amide bonds. The van der Waals surface area contributed by atoms with Crippen LogP contribution in [0.1, 0.15) is 10.4 Å². The first-order valence-electron chi connectivity index (χ1n) is 7.19. The molecule has 2 aromatic heterocycles. The van der Waals surface area contributed by atoms with Crippen molar-refractivity contribution >= 4 is 28.9 Å². The van der Waals surface area contributed by atoms with Gasteiger partial charge in [-0.3, -0.25) is 4.57 Å². The summed E-state index contributed by atoms with van der Waals surface area (Å²) in [5.41, 5.74) is 12.8. The molecular formula is C15H16N6O3. The number of hydrogen-bond acceptors (Lipinski definition) is 8. The van der Waals surface area contributed by atoms with Gasteiger partial charge in [-0.1, -0.05) is 18.2 Å². The number of aromatic nitrogens is 4. The average Bonchev–Trinajstić information content (AvgIpc) is 2.98. The third-order valence-electron chi connectivity index (χ3n) is 3.21. The molecule has 9 nitrogen and oxygen atoms in total. The summed E-state index contributed by atoms with van der Waals surface area (Å²) in [6.45, 7) is 0.545. The molecule has 0 aliphatic rings. The fraction of sp³-hybridized carbons (Fsp3) is 0.200. The molecule has 0 unspecified atom stereocenters. The van der Waals surface area contributed by atoms with Crippen LogP contribution in [0.25, 0.3) is 11.2 Å². The number of imidazole rings is 1. The molecule has 0 saturated heterocycles. The molecule has 3 rings (SSSR count). The van der Waals surface area contributed by atoms with E-state index in [1.165, 1.54) is 6.33 Å². The molecule has 0 saturated carbocycles. The lowest BCUT2D eigenvalue weighted by Crippen LogP contribution is -2.12. The van der Waals surface area contributed by atoms with Crippen LogP contribution in [0.15, 0.2) is 36.7 Å². The van der Waals surface area contributed by atoms with Crippen molar-refractivity contribution in [1.29, 1.82) is 0 Å². The van der Waals surface area contributed by atoms with Crippen molar-refractivity contribution in [3.05, 3.63) is 42.2 Å². The first-order valence-corrected chi connectivity index (χ1v) is 7.19. The average molecular weight is 328 g/mol. The van der Waals surface area contributed by atoms with Crippen LogP contribution in [-0.4, -0.2) is 38.7 Å². The molecule has 0 radical (unpaired) electrons. The minimum Gasteiger partial charge on any atom is -0.460 e. The molecule has 4 N–H and O–H groups in total. The van der Waals surface area contributed by atoms with E-state index < -0.39 is 0 Å². The fourth-order valence-electron chi connectivity index (χ4n) is 2.09. The van der Waals surface area contributed by atoms with Crippen molar-refractivity contribution in [2.24, 2.45) is 0 Å². The van der Waals surface area contributed by atoms with Gasteiger partial charge < -0.3 is 20.9 Å². The maximum Gasteiger partial charge on any atom is 0.338 e. The van der Waals surface area contributed by atoms with Crippen LogP contribution >= 0.6 is 0 Å². The lowest BCUT2D eigenvalue weighted by molar-refractivity contribution is 0.0181. The maximum atomic E-state index is 11.7. The van der Waals surface area contributed by atoms with Gasteiger partial charge in [0.25, 0.3) is 0 Å². The Hall–Kier alpha value is -3.20. The normalized spacial score (nSPS) is 10.8. The van der Waals surface area contributed by atoms with Crippen molar-refractivity contribution in [3.63, 3.8) is 0 Å². The highest BCUT2D eigenvalue weighted by Crippen LogP contribution is 2.16. The summed E-state index contributed by atoms with van der Waals surface area (Å²) in [7, 11) is 0. The molecule has 0 spiro atoms. The van der Waals surface area contributed by atoms with Gasteiger partial charge in [0, 0.05) is 0 Å². The zero-order chi connectivity index (χ0) is 16.9. The molecule has 3 aromatic rings. The second-order valence-electron chi connectivity index (χ2n) is 4.89. The number of carbonyl (C=O) groups is 1. The number of benzene rings is 1. The van der Waals surface area contributed by atoms with Gasteiger partial charge in [-0.15, -0.1) is 0 Å². The van der Waals surface area contributed by atoms with E-state index in [4.69, 9.17) is 20.9 Å². The van der Waals surface area contributed by atoms with E-state index in [0.717, 1.165) is 0 Å². The summed E-state index contributed by atoms with van der Waals surface area (Å²) in [5, 5.41) is 0. The van der Waals surface area contributed by atoms with Gasteiger partial charge >= 0.3 is 5.97 Å². The second-order valence-corrected chi connectivity index (χ2v) is 4.89. The van der Waals surface area contributed by atoms with Crippen molar-refractivity contribution in [1.82, 2.24) is 19.5 Å². The zero-order valence-electron chi connectivity index (χ0n) is 12.8. The highest BCUT2D eigenvalue weighted by molar-refractivity contribution is 5.89. The van der Waals surface area contributed by atoms with Crippen LogP contribution in [-0.2, 0) is 16.2 Å². The van der Waals surface area contributed by atoms with E-state index in [-0.39, 0.29) is 37.7 Å². The fourth-order valence-corrected chi connectivity index (χ4v) is 2.09. The minimum atomic E-state index is -0.388. The highest BCUT2D eigenvalue weighted by atomic mass is 16.6. The third kappa shape index (κ3) is 3.41. The Balaban J connectivity index is 1.50. The first-order chi connectivity index (χ1) is 11.6. The first kappa shape index (κ1) is 15.7. The van der Waals surface area contributed by atoms with Crippen molar-refractivity contribution in [3.8, 4) is 0 Å². The van der Waals surface area contributed by atoms with E-state index in [1.807, 2.05) is 6.07 Å². The number of nitrogens with two attached hydrogens (primary N) is 2. The largest absolute Gasteiger partial charge is 0.460 e. The molecule has 2 heterocycles. The highest BCUT2D eigenvalue weighted by Gasteiger charge is 2.10. The van der Waals surface area contributed by atoms with E-state index in [0.29, 0.717) is 16.7 Å². The molecule has 0 fully saturated rings. The van der Waals surface area contributed by atoms with Crippen LogP contribution in [0.4, 0.5) is 11.8 Å². The van der Waals surface area contributed by atoms with Crippen LogP contribution in [0, 0.1) is 0 Å². The van der Waals surface area contributed by atoms with E-state index in [1.54, 1.807) is 28.8 Å². The molecule has 0 atom stereocenters. The molecule has 124 valence electrons. The van der Waals surface area contributed by atoms with Gasteiger partial charge in [-0.25, -0.2) is 9.78 Å². The zero-order valence-corrected chi connectivity index (χ0v) is 12.8. The lowest BCUT2D eigenvalue weighted by Gasteiger charge is -2.07. The number of fused-ring (bicyclic) bond motifs is 1. The molecular weight excluding hydrogens is 312 g/mol. The molecule has 24 heavy (non-hydrogen) atoms. The molecule has 0 aliphatic carbocycles. The number of nitrogen functional groups attached to an aromatic ring is 2. The number of ether oxygens (including phenoxy) is 2. The summed E-state index contributed by atoms with van der Waals surface area (Å²) in [4.78, 5) is 23.8. The summed E-state index contributed by atoms with van der Waals surface area (Å²) in [6, 6.07) is 8.76. The van der Waals surface area contributed by atoms with E-state index in [9.17, 15) is 4.79 Å². The second kappa shape index (κ2) is 6.92. The van der Waals surface area contributed by atoms with Gasteiger partial charge in [-0.05, 0) is 12.1 Å². The smallest absolute Gasteiger partial charge is 0.338 e. The minimum absolute atomic E-state index is 0.0681. The van der Waals surface area contributed by atoms with Crippen molar-refractivity contribution < 1.29 is 14.3 Å². The predicted molar refractivity (Wildman–Crippen MR) is 86.8 cm³/mol. The Morgan fingerprint density at radius 1 is 1.12 bits per heavy atom. The number of esters is 1. The standard InChI is InChI=1S/C15H16N6O3/c16-12-11-13(20-15(17)19-12)21(8-18-11)9-23-6-7-24-14(22)10-4-2-1-3-5-10/h1-5,8H,6-7,9H2,(H4,16,17,19,20). The summed E-state index contributed by atoms with van der Waals surface area (Å²) < 4.78 is 12.2. The Kier molecular flexibility index (Phi) is 4.52. The molecule has 0 aliphatic heterocycles. The number of hydrogen-bond donors (Lipinski definition) is 2. The van der Waals surface area contributed by atoms with Crippen LogP contribution in [0.5, 0.6) is 0 Å². The van der Waals surface area contributed by atoms with Gasteiger partial charge in [0.1, 0.15) is 18.9 Å². The Morgan fingerprint density at radius 3 is 2.71 bits per heavy atom. The van der Waals surface area contributed by atoms with Gasteiger partial charge in [0.2, 0.25) is 5.95 Å². The van der Waals surface area contributed by atoms with Crippen molar-refractivity contribution in [2.75, 3.05) is 24.7 Å². The number of rotatable bonds is 6. The lowest BCUT2D eigenvalue weighted by atomic mass is 10.2. The Bertz CT molecular complexity index is 849. The summed E-state index contributed by atoms with van der Waals surface area (Å²) >= 11 is 0. The van der Waals surface area contributed by atoms with Gasteiger partial charge in [0.05, 0.1) is 18.5 Å². The van der Waals surface area contributed by atoms with Crippen LogP contribution in [0.3, 0.4) is 0 Å². The summed E-state index contributed by atoms with van der Waals surface area (Å²) in [6.07, 6.45) is 1.53. The monoisotopic (exact) mass is 328 g/mol.